The van der Waals surface area contributed by atoms with Gasteiger partial charge in [0.25, 0.3) is 0 Å². The predicted molar refractivity (Wildman–Crippen MR) is 78.6 cm³/mol. The molecule has 0 saturated carbocycles. The molecule has 2 heterocycles. The van der Waals surface area contributed by atoms with Gasteiger partial charge in [-0.2, -0.15) is 0 Å². The molecule has 1 saturated heterocycles. The Morgan fingerprint density at radius 2 is 1.80 bits per heavy atom. The van der Waals surface area contributed by atoms with Gasteiger partial charge in [-0.3, -0.25) is 4.90 Å². The van der Waals surface area contributed by atoms with Crippen LogP contribution in [0.2, 0.25) is 0 Å². The van der Waals surface area contributed by atoms with Gasteiger partial charge in [0, 0.05) is 37.4 Å². The monoisotopic (exact) mass is 272 g/mol. The van der Waals surface area contributed by atoms with Gasteiger partial charge in [-0.05, 0) is 23.8 Å². The van der Waals surface area contributed by atoms with Crippen molar-refractivity contribution in [3.05, 3.63) is 54.0 Å². The van der Waals surface area contributed by atoms with Crippen LogP contribution in [0.25, 0.3) is 0 Å². The predicted octanol–water partition coefficient (Wildman–Crippen LogP) is 2.72. The van der Waals surface area contributed by atoms with Crippen LogP contribution in [-0.2, 0) is 17.8 Å². The topological polar surface area (TPSA) is 37.6 Å². The molecule has 2 aromatic rings. The number of hydrogen-bond donors (Lipinski definition) is 1. The van der Waals surface area contributed by atoms with E-state index in [0.717, 1.165) is 50.6 Å². The van der Waals surface area contributed by atoms with E-state index in [1.807, 2.05) is 6.07 Å². The van der Waals surface area contributed by atoms with E-state index < -0.39 is 0 Å². The molecule has 0 spiro atoms. The maximum absolute atomic E-state index is 5.36. The number of nitrogens with zero attached hydrogens (tertiary/aromatic N) is 1. The second kappa shape index (κ2) is 6.59. The number of rotatable bonds is 5. The fraction of sp³-hybridized carbons (Fsp3) is 0.375. The van der Waals surface area contributed by atoms with E-state index in [0.29, 0.717) is 0 Å². The van der Waals surface area contributed by atoms with E-state index in [4.69, 9.17) is 9.15 Å². The Morgan fingerprint density at radius 1 is 1.00 bits per heavy atom. The first-order valence-corrected chi connectivity index (χ1v) is 7.04. The van der Waals surface area contributed by atoms with E-state index in [9.17, 15) is 0 Å². The Bertz CT molecular complexity index is 502. The number of ether oxygens (including phenoxy) is 1. The van der Waals surface area contributed by atoms with Crippen molar-refractivity contribution in [2.45, 2.75) is 13.1 Å². The van der Waals surface area contributed by atoms with Crippen molar-refractivity contribution in [1.29, 1.82) is 0 Å². The average Bonchev–Trinajstić information content (AvgIpc) is 3.01. The normalized spacial score (nSPS) is 16.2. The van der Waals surface area contributed by atoms with Gasteiger partial charge in [-0.1, -0.05) is 12.1 Å². The average molecular weight is 272 g/mol. The van der Waals surface area contributed by atoms with Gasteiger partial charge in [0.05, 0.1) is 25.7 Å². The SMILES string of the molecule is c1cc(CNc2ccc(CN3CCOCC3)cc2)co1. The standard InChI is InChI=1S/C16H20N2O2/c1-3-16(17-11-15-5-8-20-13-15)4-2-14(1)12-18-6-9-19-10-7-18/h1-5,8,13,17H,6-7,9-12H2. The van der Waals surface area contributed by atoms with E-state index in [-0.39, 0.29) is 0 Å². The first-order valence-electron chi connectivity index (χ1n) is 7.04. The van der Waals surface area contributed by atoms with Crippen LogP contribution in [0.15, 0.2) is 47.3 Å². The van der Waals surface area contributed by atoms with E-state index in [1.165, 1.54) is 5.56 Å². The highest BCUT2D eigenvalue weighted by molar-refractivity contribution is 5.45. The Kier molecular flexibility index (Phi) is 4.35. The minimum Gasteiger partial charge on any atom is -0.472 e. The lowest BCUT2D eigenvalue weighted by molar-refractivity contribution is 0.0342. The lowest BCUT2D eigenvalue weighted by atomic mass is 10.2. The molecule has 106 valence electrons. The highest BCUT2D eigenvalue weighted by Gasteiger charge is 2.10. The zero-order valence-corrected chi connectivity index (χ0v) is 11.5. The van der Waals surface area contributed by atoms with Gasteiger partial charge in [0.1, 0.15) is 0 Å². The van der Waals surface area contributed by atoms with Crippen LogP contribution in [0, 0.1) is 0 Å². The summed E-state index contributed by atoms with van der Waals surface area (Å²) in [5.74, 6) is 0. The Labute approximate surface area is 119 Å². The van der Waals surface area contributed by atoms with Crippen molar-refractivity contribution in [2.24, 2.45) is 0 Å². The van der Waals surface area contributed by atoms with Crippen LogP contribution in [0.5, 0.6) is 0 Å². The van der Waals surface area contributed by atoms with Crippen LogP contribution in [-0.4, -0.2) is 31.2 Å². The van der Waals surface area contributed by atoms with Gasteiger partial charge < -0.3 is 14.5 Å². The van der Waals surface area contributed by atoms with Crippen molar-refractivity contribution in [1.82, 2.24) is 4.90 Å². The Hall–Kier alpha value is -1.78. The molecule has 4 heteroatoms. The Morgan fingerprint density at radius 3 is 2.50 bits per heavy atom. The summed E-state index contributed by atoms with van der Waals surface area (Å²) < 4.78 is 10.4. The van der Waals surface area contributed by atoms with Gasteiger partial charge in [-0.25, -0.2) is 0 Å². The van der Waals surface area contributed by atoms with Crippen LogP contribution in [0.4, 0.5) is 5.69 Å². The highest BCUT2D eigenvalue weighted by atomic mass is 16.5. The highest BCUT2D eigenvalue weighted by Crippen LogP contribution is 2.13. The summed E-state index contributed by atoms with van der Waals surface area (Å²) in [4.78, 5) is 2.43. The lowest BCUT2D eigenvalue weighted by Crippen LogP contribution is -2.35. The summed E-state index contributed by atoms with van der Waals surface area (Å²) in [7, 11) is 0. The van der Waals surface area contributed by atoms with E-state index >= 15 is 0 Å². The van der Waals surface area contributed by atoms with Crippen molar-refractivity contribution in [2.75, 3.05) is 31.6 Å². The van der Waals surface area contributed by atoms with Crippen LogP contribution < -0.4 is 5.32 Å². The summed E-state index contributed by atoms with van der Waals surface area (Å²) in [5.41, 5.74) is 3.64. The molecular formula is C16H20N2O2. The molecule has 0 aliphatic carbocycles. The summed E-state index contributed by atoms with van der Waals surface area (Å²) in [6.07, 6.45) is 3.46. The number of benzene rings is 1. The van der Waals surface area contributed by atoms with Crippen LogP contribution in [0.3, 0.4) is 0 Å². The molecule has 1 aliphatic rings. The molecule has 1 N–H and O–H groups in total. The third kappa shape index (κ3) is 3.62. The van der Waals surface area contributed by atoms with Gasteiger partial charge in [0.15, 0.2) is 0 Å². The molecule has 0 radical (unpaired) electrons. The fourth-order valence-electron chi connectivity index (χ4n) is 2.34. The summed E-state index contributed by atoms with van der Waals surface area (Å²) in [5, 5.41) is 3.38. The first-order chi connectivity index (χ1) is 9.90. The number of furan rings is 1. The van der Waals surface area contributed by atoms with Crippen LogP contribution in [0.1, 0.15) is 11.1 Å². The molecule has 1 aromatic carbocycles. The van der Waals surface area contributed by atoms with Crippen molar-refractivity contribution in [3.63, 3.8) is 0 Å². The largest absolute Gasteiger partial charge is 0.472 e. The maximum atomic E-state index is 5.36. The molecule has 4 nitrogen and oxygen atoms in total. The molecule has 1 fully saturated rings. The first kappa shape index (κ1) is 13.2. The maximum Gasteiger partial charge on any atom is 0.0952 e. The molecule has 0 amide bonds. The molecule has 1 aliphatic heterocycles. The minimum absolute atomic E-state index is 0.791. The molecule has 0 unspecified atom stereocenters. The summed E-state index contributed by atoms with van der Waals surface area (Å²) in [6.45, 7) is 5.56. The number of nitrogens with one attached hydrogen (secondary N) is 1. The second-order valence-electron chi connectivity index (χ2n) is 5.07. The van der Waals surface area contributed by atoms with E-state index in [1.54, 1.807) is 12.5 Å². The molecule has 0 bridgehead atoms. The van der Waals surface area contributed by atoms with Gasteiger partial charge >= 0.3 is 0 Å². The Balaban J connectivity index is 1.51. The zero-order valence-electron chi connectivity index (χ0n) is 11.5. The van der Waals surface area contributed by atoms with Crippen molar-refractivity contribution < 1.29 is 9.15 Å². The quantitative estimate of drug-likeness (QED) is 0.908. The minimum atomic E-state index is 0.791. The third-order valence-corrected chi connectivity index (χ3v) is 3.54. The van der Waals surface area contributed by atoms with Gasteiger partial charge in [0.2, 0.25) is 0 Å². The fourth-order valence-corrected chi connectivity index (χ4v) is 2.34. The van der Waals surface area contributed by atoms with Gasteiger partial charge in [-0.15, -0.1) is 0 Å². The smallest absolute Gasteiger partial charge is 0.0952 e. The van der Waals surface area contributed by atoms with E-state index in [2.05, 4.69) is 34.5 Å². The number of hydrogen-bond acceptors (Lipinski definition) is 4. The van der Waals surface area contributed by atoms with Crippen molar-refractivity contribution >= 4 is 5.69 Å². The summed E-state index contributed by atoms with van der Waals surface area (Å²) >= 11 is 0. The van der Waals surface area contributed by atoms with Crippen molar-refractivity contribution in [3.8, 4) is 0 Å². The lowest BCUT2D eigenvalue weighted by Gasteiger charge is -2.26. The third-order valence-electron chi connectivity index (χ3n) is 3.54. The molecule has 0 atom stereocenters. The summed E-state index contributed by atoms with van der Waals surface area (Å²) in [6, 6.07) is 10.6. The molecular weight excluding hydrogens is 252 g/mol. The number of morpholine rings is 1. The zero-order chi connectivity index (χ0) is 13.6. The molecule has 20 heavy (non-hydrogen) atoms. The number of anilines is 1. The molecule has 1 aromatic heterocycles. The second-order valence-corrected chi connectivity index (χ2v) is 5.07. The molecule has 3 rings (SSSR count). The van der Waals surface area contributed by atoms with Crippen LogP contribution >= 0.6 is 0 Å².